The summed E-state index contributed by atoms with van der Waals surface area (Å²) in [5.41, 5.74) is 2.58. The maximum absolute atomic E-state index is 11.4. The van der Waals surface area contributed by atoms with Crippen LogP contribution in [0.25, 0.3) is 10.6 Å². The summed E-state index contributed by atoms with van der Waals surface area (Å²) in [5.74, 6) is 0.162. The zero-order valence-corrected chi connectivity index (χ0v) is 13.5. The third-order valence-corrected chi connectivity index (χ3v) is 4.20. The number of thiazole rings is 1. The number of aromatic carboxylic acids is 1. The van der Waals surface area contributed by atoms with E-state index in [-0.39, 0.29) is 0 Å². The maximum Gasteiger partial charge on any atom is 0.347 e. The molecule has 0 aliphatic heterocycles. The van der Waals surface area contributed by atoms with E-state index in [0.29, 0.717) is 27.9 Å². The van der Waals surface area contributed by atoms with Gasteiger partial charge in [0.2, 0.25) is 0 Å². The van der Waals surface area contributed by atoms with E-state index in [4.69, 9.17) is 4.74 Å². The molecule has 0 saturated carbocycles. The average Bonchev–Trinajstić information content (AvgIpc) is 2.81. The van der Waals surface area contributed by atoms with Crippen LogP contribution in [0, 0.1) is 12.8 Å². The summed E-state index contributed by atoms with van der Waals surface area (Å²) in [6.45, 7) is 6.09. The molecule has 0 aliphatic carbocycles. The lowest BCUT2D eigenvalue weighted by atomic mass is 10.1. The largest absolute Gasteiger partial charge is 0.496 e. The van der Waals surface area contributed by atoms with Gasteiger partial charge in [0.15, 0.2) is 0 Å². The Morgan fingerprint density at radius 3 is 2.71 bits per heavy atom. The van der Waals surface area contributed by atoms with Crippen LogP contribution < -0.4 is 4.74 Å². The molecule has 5 heteroatoms. The minimum absolute atomic E-state index is 0.321. The van der Waals surface area contributed by atoms with Crippen molar-refractivity contribution in [3.8, 4) is 16.3 Å². The summed E-state index contributed by atoms with van der Waals surface area (Å²) in [4.78, 5) is 16.3. The maximum atomic E-state index is 11.4. The Morgan fingerprint density at radius 2 is 2.14 bits per heavy atom. The highest BCUT2D eigenvalue weighted by molar-refractivity contribution is 7.17. The molecule has 112 valence electrons. The van der Waals surface area contributed by atoms with Gasteiger partial charge in [0.25, 0.3) is 0 Å². The van der Waals surface area contributed by atoms with E-state index in [9.17, 15) is 9.90 Å². The van der Waals surface area contributed by atoms with Gasteiger partial charge in [0.05, 0.1) is 18.4 Å². The zero-order valence-electron chi connectivity index (χ0n) is 12.6. The summed E-state index contributed by atoms with van der Waals surface area (Å²) in [5, 5.41) is 10.0. The Kier molecular flexibility index (Phi) is 4.63. The van der Waals surface area contributed by atoms with Crippen LogP contribution in [0.4, 0.5) is 0 Å². The van der Waals surface area contributed by atoms with Crippen LogP contribution in [-0.2, 0) is 6.42 Å². The minimum atomic E-state index is -0.916. The lowest BCUT2D eigenvalue weighted by molar-refractivity contribution is 0.0700. The third-order valence-electron chi connectivity index (χ3n) is 3.08. The first kappa shape index (κ1) is 15.5. The Bertz CT molecular complexity index is 662. The summed E-state index contributed by atoms with van der Waals surface area (Å²) in [6, 6.07) is 5.83. The summed E-state index contributed by atoms with van der Waals surface area (Å²) in [7, 11) is 1.61. The van der Waals surface area contributed by atoms with E-state index in [0.717, 1.165) is 16.9 Å². The first-order valence-corrected chi connectivity index (χ1v) is 7.62. The predicted molar refractivity (Wildman–Crippen MR) is 84.3 cm³/mol. The SMILES string of the molecule is COc1cc(C)ccc1-c1nc(CC(C)C)c(C(=O)O)s1. The molecule has 0 fully saturated rings. The molecular formula is C16H19NO3S. The molecule has 0 aliphatic rings. The molecular weight excluding hydrogens is 286 g/mol. The number of carboxylic acids is 1. The number of aromatic nitrogens is 1. The van der Waals surface area contributed by atoms with Crippen molar-refractivity contribution in [1.29, 1.82) is 0 Å². The standard InChI is InChI=1S/C16H19NO3S/c1-9(2)7-12-14(16(18)19)21-15(17-12)11-6-5-10(3)8-13(11)20-4/h5-6,8-9H,7H2,1-4H3,(H,18,19). The third kappa shape index (κ3) is 3.42. The van der Waals surface area contributed by atoms with Gasteiger partial charge in [-0.05, 0) is 37.0 Å². The molecule has 0 radical (unpaired) electrons. The second-order valence-electron chi connectivity index (χ2n) is 5.40. The van der Waals surface area contributed by atoms with Crippen LogP contribution in [0.15, 0.2) is 18.2 Å². The zero-order chi connectivity index (χ0) is 15.6. The molecule has 2 aromatic rings. The number of benzene rings is 1. The van der Waals surface area contributed by atoms with Gasteiger partial charge >= 0.3 is 5.97 Å². The number of rotatable bonds is 5. The number of hydrogen-bond donors (Lipinski definition) is 1. The molecule has 21 heavy (non-hydrogen) atoms. The van der Waals surface area contributed by atoms with Crippen molar-refractivity contribution in [2.45, 2.75) is 27.2 Å². The number of carboxylic acid groups (broad SMARTS) is 1. The average molecular weight is 305 g/mol. The highest BCUT2D eigenvalue weighted by Crippen LogP contribution is 2.35. The van der Waals surface area contributed by atoms with Crippen molar-refractivity contribution in [3.63, 3.8) is 0 Å². The highest BCUT2D eigenvalue weighted by Gasteiger charge is 2.20. The van der Waals surface area contributed by atoms with Crippen LogP contribution >= 0.6 is 11.3 Å². The molecule has 1 aromatic heterocycles. The smallest absolute Gasteiger partial charge is 0.347 e. The first-order chi connectivity index (χ1) is 9.92. The van der Waals surface area contributed by atoms with E-state index < -0.39 is 5.97 Å². The van der Waals surface area contributed by atoms with Gasteiger partial charge < -0.3 is 9.84 Å². The summed E-state index contributed by atoms with van der Waals surface area (Å²) < 4.78 is 5.39. The van der Waals surface area contributed by atoms with Gasteiger partial charge in [-0.2, -0.15) is 0 Å². The molecule has 0 amide bonds. The van der Waals surface area contributed by atoms with E-state index in [1.165, 1.54) is 11.3 Å². The predicted octanol–water partition coefficient (Wildman–Crippen LogP) is 4.02. The molecule has 0 unspecified atom stereocenters. The van der Waals surface area contributed by atoms with Gasteiger partial charge in [0.1, 0.15) is 15.6 Å². The van der Waals surface area contributed by atoms with Gasteiger partial charge in [0, 0.05) is 0 Å². The molecule has 0 bridgehead atoms. The fraction of sp³-hybridized carbons (Fsp3) is 0.375. The number of methoxy groups -OCH3 is 1. The van der Waals surface area contributed by atoms with Crippen molar-refractivity contribution in [1.82, 2.24) is 4.98 Å². The molecule has 4 nitrogen and oxygen atoms in total. The van der Waals surface area contributed by atoms with Gasteiger partial charge in [-0.1, -0.05) is 19.9 Å². The van der Waals surface area contributed by atoms with E-state index >= 15 is 0 Å². The van der Waals surface area contributed by atoms with Crippen LogP contribution in [0.5, 0.6) is 5.75 Å². The number of hydrogen-bond acceptors (Lipinski definition) is 4. The van der Waals surface area contributed by atoms with Gasteiger partial charge in [-0.3, -0.25) is 0 Å². The van der Waals surface area contributed by atoms with Gasteiger partial charge in [-0.25, -0.2) is 9.78 Å². The second kappa shape index (κ2) is 6.26. The molecule has 1 N–H and O–H groups in total. The second-order valence-corrected chi connectivity index (χ2v) is 6.40. The molecule has 2 rings (SSSR count). The minimum Gasteiger partial charge on any atom is -0.496 e. The monoisotopic (exact) mass is 305 g/mol. The Labute approximate surface area is 128 Å². The summed E-state index contributed by atoms with van der Waals surface area (Å²) in [6.07, 6.45) is 0.659. The van der Waals surface area contributed by atoms with Crippen molar-refractivity contribution >= 4 is 17.3 Å². The van der Waals surface area contributed by atoms with Crippen LogP contribution in [0.2, 0.25) is 0 Å². The Hall–Kier alpha value is -1.88. The van der Waals surface area contributed by atoms with E-state index in [2.05, 4.69) is 18.8 Å². The quantitative estimate of drug-likeness (QED) is 0.906. The molecule has 1 aromatic carbocycles. The molecule has 0 atom stereocenters. The van der Waals surface area contributed by atoms with Gasteiger partial charge in [-0.15, -0.1) is 11.3 Å². The fourth-order valence-corrected chi connectivity index (χ4v) is 3.10. The Morgan fingerprint density at radius 1 is 1.43 bits per heavy atom. The van der Waals surface area contributed by atoms with Crippen LogP contribution in [-0.4, -0.2) is 23.2 Å². The lowest BCUT2D eigenvalue weighted by Gasteiger charge is -2.06. The number of ether oxygens (including phenoxy) is 1. The highest BCUT2D eigenvalue weighted by atomic mass is 32.1. The topological polar surface area (TPSA) is 59.4 Å². The van der Waals surface area contributed by atoms with Crippen molar-refractivity contribution < 1.29 is 14.6 Å². The number of nitrogens with zero attached hydrogens (tertiary/aromatic N) is 1. The number of aryl methyl sites for hydroxylation is 1. The number of carbonyl (C=O) groups is 1. The first-order valence-electron chi connectivity index (χ1n) is 6.80. The lowest BCUT2D eigenvalue weighted by Crippen LogP contribution is -2.02. The van der Waals surface area contributed by atoms with E-state index in [1.807, 2.05) is 25.1 Å². The normalized spacial score (nSPS) is 10.9. The van der Waals surface area contributed by atoms with Crippen LogP contribution in [0.3, 0.4) is 0 Å². The summed E-state index contributed by atoms with van der Waals surface area (Å²) >= 11 is 1.21. The van der Waals surface area contributed by atoms with Crippen molar-refractivity contribution in [2.75, 3.05) is 7.11 Å². The van der Waals surface area contributed by atoms with Crippen LogP contribution in [0.1, 0.15) is 34.8 Å². The molecule has 0 spiro atoms. The van der Waals surface area contributed by atoms with Crippen molar-refractivity contribution in [3.05, 3.63) is 34.3 Å². The fourth-order valence-electron chi connectivity index (χ4n) is 2.13. The Balaban J connectivity index is 2.52. The molecule has 0 saturated heterocycles. The molecule has 1 heterocycles. The van der Waals surface area contributed by atoms with Crippen molar-refractivity contribution in [2.24, 2.45) is 5.92 Å². The van der Waals surface area contributed by atoms with E-state index in [1.54, 1.807) is 7.11 Å².